The number of sulfonamides is 1. The van der Waals surface area contributed by atoms with Gasteiger partial charge in [-0.05, 0) is 19.8 Å². The lowest BCUT2D eigenvalue weighted by Gasteiger charge is -2.01. The van der Waals surface area contributed by atoms with Gasteiger partial charge in [0.2, 0.25) is 10.0 Å². The maximum Gasteiger partial charge on any atom is 0.214 e. The number of rotatable bonds is 1. The van der Waals surface area contributed by atoms with Crippen LogP contribution in [0.4, 0.5) is 0 Å². The van der Waals surface area contributed by atoms with Gasteiger partial charge in [-0.3, -0.25) is 0 Å². The molecule has 1 aliphatic carbocycles. The largest absolute Gasteiger partial charge is 0.228 e. The fourth-order valence-electron chi connectivity index (χ4n) is 0.461. The third-order valence-electron chi connectivity index (χ3n) is 1.64. The van der Waals surface area contributed by atoms with Crippen LogP contribution in [0, 0.1) is 0 Å². The Bertz CT molecular complexity index is 191. The topological polar surface area (TPSA) is 60.2 Å². The SMILES string of the molecule is C.CC1(S(N)(=O)=O)CC1. The fraction of sp³-hybridized carbons (Fsp3) is 1.00. The highest BCUT2D eigenvalue weighted by molar-refractivity contribution is 7.90. The van der Waals surface area contributed by atoms with Crippen molar-refractivity contribution >= 4 is 10.0 Å². The zero-order chi connectivity index (χ0) is 6.41. The van der Waals surface area contributed by atoms with Crippen molar-refractivity contribution in [1.29, 1.82) is 0 Å². The molecule has 0 saturated heterocycles. The first-order valence-corrected chi connectivity index (χ1v) is 4.03. The molecule has 2 N–H and O–H groups in total. The van der Waals surface area contributed by atoms with E-state index in [2.05, 4.69) is 0 Å². The van der Waals surface area contributed by atoms with E-state index in [1.807, 2.05) is 0 Å². The van der Waals surface area contributed by atoms with Gasteiger partial charge in [0.25, 0.3) is 0 Å². The van der Waals surface area contributed by atoms with Crippen molar-refractivity contribution in [3.63, 3.8) is 0 Å². The predicted octanol–water partition coefficient (Wildman–Crippen LogP) is 0.464. The van der Waals surface area contributed by atoms with Crippen molar-refractivity contribution in [3.8, 4) is 0 Å². The van der Waals surface area contributed by atoms with Crippen LogP contribution in [0.1, 0.15) is 27.2 Å². The molecule has 0 spiro atoms. The van der Waals surface area contributed by atoms with Crippen molar-refractivity contribution in [2.75, 3.05) is 0 Å². The second-order valence-corrected chi connectivity index (χ2v) is 4.57. The van der Waals surface area contributed by atoms with Gasteiger partial charge in [-0.15, -0.1) is 0 Å². The van der Waals surface area contributed by atoms with E-state index in [4.69, 9.17) is 5.14 Å². The summed E-state index contributed by atoms with van der Waals surface area (Å²) in [5, 5.41) is 4.85. The van der Waals surface area contributed by atoms with Gasteiger partial charge in [-0.2, -0.15) is 0 Å². The molecular weight excluding hydrogens is 138 g/mol. The minimum Gasteiger partial charge on any atom is -0.228 e. The highest BCUT2D eigenvalue weighted by Crippen LogP contribution is 2.40. The molecule has 0 radical (unpaired) electrons. The van der Waals surface area contributed by atoms with Gasteiger partial charge in [0.15, 0.2) is 0 Å². The summed E-state index contributed by atoms with van der Waals surface area (Å²) in [5.74, 6) is 0. The van der Waals surface area contributed by atoms with Crippen molar-refractivity contribution in [1.82, 2.24) is 0 Å². The normalized spacial score (nSPS) is 22.4. The Kier molecular flexibility index (Phi) is 1.93. The second-order valence-electron chi connectivity index (χ2n) is 2.49. The van der Waals surface area contributed by atoms with Crippen LogP contribution in [0.2, 0.25) is 0 Å². The van der Waals surface area contributed by atoms with Crippen molar-refractivity contribution in [3.05, 3.63) is 0 Å². The summed E-state index contributed by atoms with van der Waals surface area (Å²) < 4.78 is 20.4. The van der Waals surface area contributed by atoms with Gasteiger partial charge in [0.1, 0.15) is 0 Å². The summed E-state index contributed by atoms with van der Waals surface area (Å²) in [4.78, 5) is 0. The van der Waals surface area contributed by atoms with Gasteiger partial charge in [0.05, 0.1) is 4.75 Å². The zero-order valence-corrected chi connectivity index (χ0v) is 5.53. The van der Waals surface area contributed by atoms with Crippen molar-refractivity contribution < 1.29 is 8.42 Å². The maximum absolute atomic E-state index is 10.5. The van der Waals surface area contributed by atoms with E-state index in [1.54, 1.807) is 6.92 Å². The molecule has 56 valence electrons. The summed E-state index contributed by atoms with van der Waals surface area (Å²) in [5.41, 5.74) is 0. The minimum absolute atomic E-state index is 0. The minimum atomic E-state index is -3.23. The molecule has 0 amide bonds. The first kappa shape index (κ1) is 8.91. The molecule has 1 aliphatic rings. The monoisotopic (exact) mass is 151 g/mol. The maximum atomic E-state index is 10.5. The first-order valence-electron chi connectivity index (χ1n) is 2.48. The van der Waals surface area contributed by atoms with Crippen LogP contribution in [0.25, 0.3) is 0 Å². The Balaban J connectivity index is 0.000000640. The van der Waals surface area contributed by atoms with Crippen LogP contribution in [0.5, 0.6) is 0 Å². The lowest BCUT2D eigenvalue weighted by Crippen LogP contribution is -2.26. The second kappa shape index (κ2) is 1.95. The van der Waals surface area contributed by atoms with Gasteiger partial charge < -0.3 is 0 Å². The molecule has 0 bridgehead atoms. The molecule has 1 saturated carbocycles. The van der Waals surface area contributed by atoms with Crippen LogP contribution in [0.3, 0.4) is 0 Å². The zero-order valence-electron chi connectivity index (χ0n) is 4.72. The first-order chi connectivity index (χ1) is 3.46. The Morgan fingerprint density at radius 1 is 1.44 bits per heavy atom. The van der Waals surface area contributed by atoms with Gasteiger partial charge >= 0.3 is 0 Å². The summed E-state index contributed by atoms with van der Waals surface area (Å²) in [6.07, 6.45) is 1.46. The summed E-state index contributed by atoms with van der Waals surface area (Å²) >= 11 is 0. The van der Waals surface area contributed by atoms with Crippen LogP contribution in [0.15, 0.2) is 0 Å². The number of nitrogens with two attached hydrogens (primary N) is 1. The van der Waals surface area contributed by atoms with E-state index in [1.165, 1.54) is 0 Å². The Morgan fingerprint density at radius 3 is 1.78 bits per heavy atom. The summed E-state index contributed by atoms with van der Waals surface area (Å²) in [7, 11) is -3.23. The van der Waals surface area contributed by atoms with Crippen LogP contribution < -0.4 is 5.14 Å². The van der Waals surface area contributed by atoms with E-state index in [9.17, 15) is 8.42 Å². The van der Waals surface area contributed by atoms with E-state index in [0.717, 1.165) is 12.8 Å². The quantitative estimate of drug-likeness (QED) is 0.592. The molecule has 1 rings (SSSR count). The molecule has 4 heteroatoms. The highest BCUT2D eigenvalue weighted by atomic mass is 32.2. The van der Waals surface area contributed by atoms with Crippen molar-refractivity contribution in [2.45, 2.75) is 31.9 Å². The fourth-order valence-corrected chi connectivity index (χ4v) is 1.13. The van der Waals surface area contributed by atoms with E-state index < -0.39 is 14.8 Å². The van der Waals surface area contributed by atoms with E-state index in [-0.39, 0.29) is 7.43 Å². The van der Waals surface area contributed by atoms with Crippen LogP contribution in [-0.4, -0.2) is 13.2 Å². The molecular formula is C5H13NO2S. The molecule has 0 aliphatic heterocycles. The third kappa shape index (κ3) is 1.43. The van der Waals surface area contributed by atoms with Gasteiger partial charge in [0, 0.05) is 0 Å². The summed E-state index contributed by atoms with van der Waals surface area (Å²) in [6.45, 7) is 1.67. The molecule has 0 aromatic heterocycles. The molecule has 0 atom stereocenters. The van der Waals surface area contributed by atoms with E-state index >= 15 is 0 Å². The Hall–Kier alpha value is -0.0900. The van der Waals surface area contributed by atoms with Gasteiger partial charge in [-0.1, -0.05) is 7.43 Å². The molecule has 0 aromatic rings. The molecule has 0 aromatic carbocycles. The predicted molar refractivity (Wildman–Crippen MR) is 37.5 cm³/mol. The number of primary sulfonamides is 1. The van der Waals surface area contributed by atoms with Crippen LogP contribution >= 0.6 is 0 Å². The number of hydrogen-bond donors (Lipinski definition) is 1. The lowest BCUT2D eigenvalue weighted by molar-refractivity contribution is 0.584. The van der Waals surface area contributed by atoms with Crippen molar-refractivity contribution in [2.24, 2.45) is 5.14 Å². The summed E-state index contributed by atoms with van der Waals surface area (Å²) in [6, 6.07) is 0. The molecule has 0 unspecified atom stereocenters. The Labute approximate surface area is 56.3 Å². The Morgan fingerprint density at radius 2 is 1.78 bits per heavy atom. The average Bonchev–Trinajstić information content (AvgIpc) is 2.16. The lowest BCUT2D eigenvalue weighted by atomic mass is 10.5. The number of hydrogen-bond acceptors (Lipinski definition) is 2. The third-order valence-corrected chi connectivity index (χ3v) is 3.42. The molecule has 3 nitrogen and oxygen atoms in total. The average molecular weight is 151 g/mol. The molecule has 0 heterocycles. The smallest absolute Gasteiger partial charge is 0.214 e. The van der Waals surface area contributed by atoms with Gasteiger partial charge in [-0.25, -0.2) is 13.6 Å². The van der Waals surface area contributed by atoms with Crippen LogP contribution in [-0.2, 0) is 10.0 Å². The molecule has 1 fully saturated rings. The van der Waals surface area contributed by atoms with E-state index in [0.29, 0.717) is 0 Å². The molecule has 9 heavy (non-hydrogen) atoms. The highest BCUT2D eigenvalue weighted by Gasteiger charge is 2.47. The standard InChI is InChI=1S/C4H9NO2S.CH4/c1-4(2-3-4)8(5,6)7;/h2-3H2,1H3,(H2,5,6,7);1H4.